The molecule has 0 atom stereocenters. The van der Waals surface area contributed by atoms with E-state index in [0.717, 1.165) is 21.5 Å². The summed E-state index contributed by atoms with van der Waals surface area (Å²) >= 11 is 3.57. The molecule has 6 heteroatoms. The molecule has 3 aromatic heterocycles. The van der Waals surface area contributed by atoms with Gasteiger partial charge in [-0.1, -0.05) is 180 Å². The highest BCUT2D eigenvalue weighted by Gasteiger charge is 2.14. The molecule has 3 N–H and O–H groups in total. The molecule has 0 aliphatic rings. The van der Waals surface area contributed by atoms with Crippen molar-refractivity contribution in [1.82, 2.24) is 13.7 Å². The number of aromatic nitrogens is 3. The minimum atomic E-state index is 0.822. The second-order valence-corrected chi connectivity index (χ2v) is 18.3. The Balaban J connectivity index is 0.000000111. The van der Waals surface area contributed by atoms with Gasteiger partial charge in [0.25, 0.3) is 0 Å². The number of rotatable bonds is 5. The van der Waals surface area contributed by atoms with Crippen molar-refractivity contribution in [3.63, 3.8) is 0 Å². The molecule has 3 heterocycles. The van der Waals surface area contributed by atoms with Gasteiger partial charge in [0.05, 0.1) is 33.1 Å². The number of anilines is 3. The molecule has 0 saturated heterocycles. The number of nitrogens with zero attached hydrogens (tertiary/aromatic N) is 3. The Hall–Kier alpha value is -9.10. The number of hydrogen-bond acceptors (Lipinski definition) is 2. The van der Waals surface area contributed by atoms with Crippen molar-refractivity contribution < 1.29 is 0 Å². The molecule has 0 saturated carbocycles. The monoisotopic (exact) mass is 991 g/mol. The fourth-order valence-corrected chi connectivity index (χ4v) is 9.99. The Morgan fingerprint density at radius 3 is 0.958 bits per heavy atom. The zero-order valence-electron chi connectivity index (χ0n) is 39.4. The molecule has 0 aliphatic carbocycles. The maximum atomic E-state index is 5.36. The molecule has 5 nitrogen and oxygen atoms in total. The zero-order valence-corrected chi connectivity index (χ0v) is 41.0. The van der Waals surface area contributed by atoms with Crippen LogP contribution < -0.4 is 11.1 Å². The summed E-state index contributed by atoms with van der Waals surface area (Å²) in [7, 11) is 0. The molecule has 14 rings (SSSR count). The first-order valence-electron chi connectivity index (χ1n) is 24.1. The normalized spacial score (nSPS) is 10.9. The molecular formula is C66H50BrN5. The quantitative estimate of drug-likeness (QED) is 0.169. The van der Waals surface area contributed by atoms with E-state index in [1.54, 1.807) is 0 Å². The molecule has 14 aromatic rings. The smallest absolute Gasteiger partial charge is 0.0542 e. The topological polar surface area (TPSA) is 52.8 Å². The maximum Gasteiger partial charge on any atom is 0.0542 e. The summed E-state index contributed by atoms with van der Waals surface area (Å²) in [5.41, 5.74) is 19.4. The van der Waals surface area contributed by atoms with Crippen molar-refractivity contribution >= 4 is 98.4 Å². The van der Waals surface area contributed by atoms with E-state index >= 15 is 0 Å². The summed E-state index contributed by atoms with van der Waals surface area (Å²) in [5, 5.41) is 11.2. The molecular weight excluding hydrogens is 943 g/mol. The van der Waals surface area contributed by atoms with Crippen molar-refractivity contribution in [2.45, 2.75) is 0 Å². The van der Waals surface area contributed by atoms with Gasteiger partial charge in [-0.25, -0.2) is 0 Å². The van der Waals surface area contributed by atoms with Crippen LogP contribution in [0.4, 0.5) is 17.1 Å². The number of nitrogens with two attached hydrogens (primary N) is 1. The van der Waals surface area contributed by atoms with Crippen LogP contribution in [-0.2, 0) is 0 Å². The van der Waals surface area contributed by atoms with Crippen LogP contribution in [0.3, 0.4) is 0 Å². The van der Waals surface area contributed by atoms with Crippen molar-refractivity contribution in [2.75, 3.05) is 11.1 Å². The van der Waals surface area contributed by atoms with Gasteiger partial charge in [0, 0.05) is 70.9 Å². The first kappa shape index (κ1) is 45.3. The van der Waals surface area contributed by atoms with E-state index in [1.165, 1.54) is 82.5 Å². The summed E-state index contributed by atoms with van der Waals surface area (Å²) in [5.74, 6) is 0. The number of benzene rings is 11. The predicted octanol–water partition coefficient (Wildman–Crippen LogP) is 18.1. The van der Waals surface area contributed by atoms with Gasteiger partial charge in [-0.15, -0.1) is 0 Å². The van der Waals surface area contributed by atoms with E-state index in [4.69, 9.17) is 5.73 Å². The van der Waals surface area contributed by atoms with E-state index in [1.807, 2.05) is 54.6 Å². The number of fused-ring (bicyclic) bond motifs is 9. The third-order valence-corrected chi connectivity index (χ3v) is 13.3. The Morgan fingerprint density at radius 2 is 0.569 bits per heavy atom. The fraction of sp³-hybridized carbons (Fsp3) is 0. The lowest BCUT2D eigenvalue weighted by Gasteiger charge is -2.09. The molecule has 0 aliphatic heterocycles. The summed E-state index contributed by atoms with van der Waals surface area (Å²) in [6, 6.07) is 98.7. The molecule has 0 fully saturated rings. The number of hydrogen-bond donors (Lipinski definition) is 2. The van der Waals surface area contributed by atoms with Gasteiger partial charge < -0.3 is 24.8 Å². The summed E-state index contributed by atoms with van der Waals surface area (Å²) in [4.78, 5) is 0. The van der Waals surface area contributed by atoms with E-state index in [-0.39, 0.29) is 0 Å². The number of halogens is 1. The van der Waals surface area contributed by atoms with E-state index in [9.17, 15) is 0 Å². The molecule has 0 bridgehead atoms. The Labute approximate surface area is 427 Å². The van der Waals surface area contributed by atoms with Gasteiger partial charge in [0.15, 0.2) is 0 Å². The molecule has 346 valence electrons. The fourth-order valence-electron chi connectivity index (χ4n) is 9.63. The van der Waals surface area contributed by atoms with Crippen molar-refractivity contribution in [3.8, 4) is 17.1 Å². The van der Waals surface area contributed by atoms with Crippen LogP contribution in [0.2, 0.25) is 0 Å². The van der Waals surface area contributed by atoms with Crippen LogP contribution in [-0.4, -0.2) is 13.7 Å². The van der Waals surface area contributed by atoms with E-state index < -0.39 is 0 Å². The molecule has 72 heavy (non-hydrogen) atoms. The lowest BCUT2D eigenvalue weighted by molar-refractivity contribution is 1.18. The Morgan fingerprint density at radius 1 is 0.264 bits per heavy atom. The van der Waals surface area contributed by atoms with Gasteiger partial charge in [0.1, 0.15) is 0 Å². The van der Waals surface area contributed by atoms with Gasteiger partial charge in [-0.2, -0.15) is 0 Å². The first-order valence-corrected chi connectivity index (χ1v) is 24.9. The Bertz CT molecular complexity index is 4020. The van der Waals surface area contributed by atoms with E-state index in [2.05, 4.69) is 265 Å². The van der Waals surface area contributed by atoms with E-state index in [0.29, 0.717) is 0 Å². The van der Waals surface area contributed by atoms with Crippen LogP contribution in [0.1, 0.15) is 0 Å². The summed E-state index contributed by atoms with van der Waals surface area (Å²) in [6.45, 7) is 0. The SMILES string of the molecule is Brc1ccc2c(c1)c1ccccc1n2-c1ccccc1.Nc1ccccc1.c1ccc(-n2c3ccccc3c3ccccc32)cc1.c1ccc(Nc2ccc3c(c2)c2ccccc2n3-c2ccccc2)cc1. The van der Waals surface area contributed by atoms with Crippen LogP contribution in [0.5, 0.6) is 0 Å². The number of nitrogen functional groups attached to an aromatic ring is 1. The van der Waals surface area contributed by atoms with Crippen LogP contribution in [0, 0.1) is 0 Å². The molecule has 11 aromatic carbocycles. The number of nitrogens with one attached hydrogen (secondary N) is 1. The molecule has 0 radical (unpaired) electrons. The summed E-state index contributed by atoms with van der Waals surface area (Å²) in [6.07, 6.45) is 0. The minimum absolute atomic E-state index is 0.822. The van der Waals surface area contributed by atoms with Gasteiger partial charge in [0.2, 0.25) is 0 Å². The maximum absolute atomic E-state index is 5.36. The number of para-hydroxylation sites is 9. The molecule has 0 amide bonds. The van der Waals surface area contributed by atoms with Gasteiger partial charge in [-0.3, -0.25) is 0 Å². The standard InChI is InChI=1S/C24H18N2.C18H12BrN.C18H13N.C6H7N/c1-3-9-18(10-4-1)25-19-15-16-24-22(17-19)21-13-7-8-14-23(21)26(24)20-11-5-2-6-12-20;19-13-10-11-18-16(12-13)15-8-4-5-9-17(15)20(18)14-6-2-1-3-7-14;1-2-8-14(9-3-1)19-17-12-6-4-10-15(17)16-11-5-7-13-18(16)19;7-6-4-2-1-3-5-6/h1-17,25H;1-12H;1-13H;1-5H,7H2. The summed E-state index contributed by atoms with van der Waals surface area (Å²) < 4.78 is 8.08. The van der Waals surface area contributed by atoms with Crippen LogP contribution in [0.25, 0.3) is 82.5 Å². The van der Waals surface area contributed by atoms with Gasteiger partial charge in [-0.05, 0) is 121 Å². The lowest BCUT2D eigenvalue weighted by atomic mass is 10.1. The zero-order chi connectivity index (χ0) is 48.6. The van der Waals surface area contributed by atoms with Crippen molar-refractivity contribution in [3.05, 3.63) is 290 Å². The highest BCUT2D eigenvalue weighted by Crippen LogP contribution is 2.36. The average molecular weight is 993 g/mol. The molecule has 0 unspecified atom stereocenters. The van der Waals surface area contributed by atoms with Crippen molar-refractivity contribution in [2.24, 2.45) is 0 Å². The predicted molar refractivity (Wildman–Crippen MR) is 311 cm³/mol. The third kappa shape index (κ3) is 9.35. The molecule has 0 spiro atoms. The highest BCUT2D eigenvalue weighted by atomic mass is 79.9. The first-order chi connectivity index (χ1) is 35.6. The largest absolute Gasteiger partial charge is 0.399 e. The Kier molecular flexibility index (Phi) is 13.1. The average Bonchev–Trinajstić information content (AvgIpc) is 4.08. The van der Waals surface area contributed by atoms with Crippen molar-refractivity contribution in [1.29, 1.82) is 0 Å². The van der Waals surface area contributed by atoms with Crippen LogP contribution in [0.15, 0.2) is 290 Å². The third-order valence-electron chi connectivity index (χ3n) is 12.8. The second-order valence-electron chi connectivity index (χ2n) is 17.4. The minimum Gasteiger partial charge on any atom is -0.399 e. The highest BCUT2D eigenvalue weighted by molar-refractivity contribution is 9.10. The lowest BCUT2D eigenvalue weighted by Crippen LogP contribution is -1.93. The van der Waals surface area contributed by atoms with Gasteiger partial charge >= 0.3 is 0 Å². The second kappa shape index (κ2) is 20.9. The van der Waals surface area contributed by atoms with Crippen LogP contribution >= 0.6 is 15.9 Å².